The molecule has 3 aromatic heterocycles. The molecule has 0 aliphatic heterocycles. The van der Waals surface area contributed by atoms with Gasteiger partial charge in [-0.25, -0.2) is 19.0 Å². The van der Waals surface area contributed by atoms with Gasteiger partial charge in [0.2, 0.25) is 5.95 Å². The van der Waals surface area contributed by atoms with E-state index in [2.05, 4.69) is 39.1 Å². The first-order valence-electron chi connectivity index (χ1n) is 9.67. The number of hydrogen-bond acceptors (Lipinski definition) is 6. The number of halogens is 1. The van der Waals surface area contributed by atoms with E-state index in [0.29, 0.717) is 40.7 Å². The number of nitrogens with two attached hydrogens (primary N) is 1. The van der Waals surface area contributed by atoms with Crippen molar-refractivity contribution >= 4 is 5.95 Å². The second-order valence-electron chi connectivity index (χ2n) is 7.42. The van der Waals surface area contributed by atoms with Crippen LogP contribution in [0.5, 0.6) is 0 Å². The molecule has 0 atom stereocenters. The Bertz CT molecular complexity index is 1200. The van der Waals surface area contributed by atoms with E-state index >= 15 is 0 Å². The van der Waals surface area contributed by atoms with Crippen LogP contribution in [0.1, 0.15) is 36.7 Å². The first kappa shape index (κ1) is 19.6. The van der Waals surface area contributed by atoms with Gasteiger partial charge in [-0.15, -0.1) is 5.10 Å². The van der Waals surface area contributed by atoms with Gasteiger partial charge in [-0.1, -0.05) is 37.3 Å². The van der Waals surface area contributed by atoms with Crippen LogP contribution in [0, 0.1) is 12.7 Å². The number of nitrogen functional groups attached to an aromatic ring is 1. The van der Waals surface area contributed by atoms with Gasteiger partial charge in [-0.3, -0.25) is 4.98 Å². The number of nitrogens with zero attached hydrogens (tertiary/aromatic N) is 6. The molecule has 0 aliphatic carbocycles. The zero-order valence-electron chi connectivity index (χ0n) is 17.0. The highest BCUT2D eigenvalue weighted by atomic mass is 19.1. The van der Waals surface area contributed by atoms with Crippen molar-refractivity contribution in [3.05, 3.63) is 71.4 Å². The van der Waals surface area contributed by atoms with Crippen molar-refractivity contribution in [2.75, 3.05) is 5.73 Å². The van der Waals surface area contributed by atoms with E-state index in [1.807, 2.05) is 18.2 Å². The topological polar surface area (TPSA) is 95.4 Å². The Balaban J connectivity index is 1.64. The Kier molecular flexibility index (Phi) is 5.22. The standard InChI is InChI=1S/C22H22FN7/c1-13(2)18-9-4-6-15(25-18)11-30-12-21(28-29-30)20-10-19(26-22(24)27-20)16-7-5-8-17(23)14(16)3/h4-10,12-13H,11H2,1-3H3,(H2,24,26,27). The summed E-state index contributed by atoms with van der Waals surface area (Å²) in [5.74, 6) is 0.144. The molecule has 1 aromatic carbocycles. The van der Waals surface area contributed by atoms with E-state index in [9.17, 15) is 4.39 Å². The van der Waals surface area contributed by atoms with Gasteiger partial charge in [-0.05, 0) is 42.7 Å². The molecule has 2 N–H and O–H groups in total. The van der Waals surface area contributed by atoms with Crippen molar-refractivity contribution in [3.63, 3.8) is 0 Å². The fourth-order valence-electron chi connectivity index (χ4n) is 3.19. The molecule has 0 saturated heterocycles. The lowest BCUT2D eigenvalue weighted by Crippen LogP contribution is -2.04. The summed E-state index contributed by atoms with van der Waals surface area (Å²) in [5, 5.41) is 8.41. The first-order chi connectivity index (χ1) is 14.4. The maximum absolute atomic E-state index is 14.0. The van der Waals surface area contributed by atoms with Gasteiger partial charge < -0.3 is 5.73 Å². The van der Waals surface area contributed by atoms with E-state index in [0.717, 1.165) is 11.4 Å². The summed E-state index contributed by atoms with van der Waals surface area (Å²) in [6, 6.07) is 12.6. The SMILES string of the molecule is Cc1c(F)cccc1-c1cc(-c2cn(Cc3cccc(C(C)C)n3)nn2)nc(N)n1. The Morgan fingerprint density at radius 2 is 1.77 bits per heavy atom. The predicted octanol–water partition coefficient (Wildman–Crippen LogP) is 4.00. The van der Waals surface area contributed by atoms with Gasteiger partial charge in [-0.2, -0.15) is 0 Å². The van der Waals surface area contributed by atoms with Crippen molar-refractivity contribution in [1.82, 2.24) is 29.9 Å². The van der Waals surface area contributed by atoms with Crippen LogP contribution in [0.3, 0.4) is 0 Å². The molecular formula is C22H22FN7. The van der Waals surface area contributed by atoms with E-state index < -0.39 is 0 Å². The van der Waals surface area contributed by atoms with Gasteiger partial charge in [0.25, 0.3) is 0 Å². The smallest absolute Gasteiger partial charge is 0.221 e. The number of anilines is 1. The molecule has 0 aliphatic rings. The average molecular weight is 403 g/mol. The minimum atomic E-state index is -0.298. The molecule has 4 rings (SSSR count). The second-order valence-corrected chi connectivity index (χ2v) is 7.42. The number of hydrogen-bond donors (Lipinski definition) is 1. The molecule has 0 fully saturated rings. The van der Waals surface area contributed by atoms with Crippen LogP contribution in [-0.4, -0.2) is 29.9 Å². The highest BCUT2D eigenvalue weighted by Crippen LogP contribution is 2.27. The molecule has 0 saturated carbocycles. The third-order valence-electron chi connectivity index (χ3n) is 4.83. The number of benzene rings is 1. The summed E-state index contributed by atoms with van der Waals surface area (Å²) in [4.78, 5) is 13.2. The Morgan fingerprint density at radius 1 is 1.00 bits per heavy atom. The molecule has 30 heavy (non-hydrogen) atoms. The van der Waals surface area contributed by atoms with Gasteiger partial charge in [0.1, 0.15) is 11.5 Å². The summed E-state index contributed by atoms with van der Waals surface area (Å²) in [6.07, 6.45) is 1.79. The molecule has 8 heteroatoms. The molecule has 3 heterocycles. The molecule has 4 aromatic rings. The van der Waals surface area contributed by atoms with Crippen molar-refractivity contribution in [1.29, 1.82) is 0 Å². The molecule has 0 unspecified atom stereocenters. The molecule has 0 amide bonds. The highest BCUT2D eigenvalue weighted by Gasteiger charge is 2.13. The van der Waals surface area contributed by atoms with Gasteiger partial charge >= 0.3 is 0 Å². The fourth-order valence-corrected chi connectivity index (χ4v) is 3.19. The van der Waals surface area contributed by atoms with Crippen LogP contribution in [0.2, 0.25) is 0 Å². The lowest BCUT2D eigenvalue weighted by atomic mass is 10.0. The summed E-state index contributed by atoms with van der Waals surface area (Å²) < 4.78 is 15.7. The minimum Gasteiger partial charge on any atom is -0.368 e. The van der Waals surface area contributed by atoms with Crippen molar-refractivity contribution in [2.45, 2.75) is 33.2 Å². The van der Waals surface area contributed by atoms with Crippen molar-refractivity contribution < 1.29 is 4.39 Å². The Morgan fingerprint density at radius 3 is 2.57 bits per heavy atom. The van der Waals surface area contributed by atoms with Gasteiger partial charge in [0.05, 0.1) is 29.8 Å². The molecule has 0 radical (unpaired) electrons. The van der Waals surface area contributed by atoms with Crippen LogP contribution >= 0.6 is 0 Å². The van der Waals surface area contributed by atoms with E-state index in [1.165, 1.54) is 6.07 Å². The molecule has 7 nitrogen and oxygen atoms in total. The summed E-state index contributed by atoms with van der Waals surface area (Å²) in [5.41, 5.74) is 10.6. The summed E-state index contributed by atoms with van der Waals surface area (Å²) in [7, 11) is 0. The van der Waals surface area contributed by atoms with Crippen LogP contribution in [0.25, 0.3) is 22.6 Å². The molecule has 0 spiro atoms. The Hall–Kier alpha value is -3.68. The lowest BCUT2D eigenvalue weighted by molar-refractivity contribution is 0.619. The van der Waals surface area contributed by atoms with E-state index in [-0.39, 0.29) is 11.8 Å². The summed E-state index contributed by atoms with van der Waals surface area (Å²) in [6.45, 7) is 6.41. The highest BCUT2D eigenvalue weighted by molar-refractivity contribution is 5.69. The van der Waals surface area contributed by atoms with Gasteiger partial charge in [0.15, 0.2) is 0 Å². The van der Waals surface area contributed by atoms with Crippen LogP contribution < -0.4 is 5.73 Å². The first-order valence-corrected chi connectivity index (χ1v) is 9.67. The number of aromatic nitrogens is 6. The monoisotopic (exact) mass is 403 g/mol. The number of rotatable bonds is 5. The van der Waals surface area contributed by atoms with Crippen molar-refractivity contribution in [3.8, 4) is 22.6 Å². The lowest BCUT2D eigenvalue weighted by Gasteiger charge is -2.08. The van der Waals surface area contributed by atoms with E-state index in [4.69, 9.17) is 5.73 Å². The van der Waals surface area contributed by atoms with Crippen molar-refractivity contribution in [2.24, 2.45) is 0 Å². The van der Waals surface area contributed by atoms with E-state index in [1.54, 1.807) is 36.0 Å². The maximum Gasteiger partial charge on any atom is 0.221 e. The predicted molar refractivity (Wildman–Crippen MR) is 113 cm³/mol. The minimum absolute atomic E-state index is 0.0898. The van der Waals surface area contributed by atoms with Crippen LogP contribution in [0.4, 0.5) is 10.3 Å². The summed E-state index contributed by atoms with van der Waals surface area (Å²) >= 11 is 0. The fraction of sp³-hybridized carbons (Fsp3) is 0.227. The largest absolute Gasteiger partial charge is 0.368 e. The quantitative estimate of drug-likeness (QED) is 0.541. The zero-order valence-corrected chi connectivity index (χ0v) is 17.0. The van der Waals surface area contributed by atoms with Crippen LogP contribution in [-0.2, 0) is 6.54 Å². The normalized spacial score (nSPS) is 11.2. The number of pyridine rings is 1. The zero-order chi connectivity index (χ0) is 21.3. The molecule has 0 bridgehead atoms. The Labute approximate surface area is 173 Å². The second kappa shape index (κ2) is 7.98. The maximum atomic E-state index is 14.0. The van der Waals surface area contributed by atoms with Crippen LogP contribution in [0.15, 0.2) is 48.7 Å². The molecular weight excluding hydrogens is 381 g/mol. The van der Waals surface area contributed by atoms with Gasteiger partial charge in [0, 0.05) is 11.3 Å². The average Bonchev–Trinajstić information content (AvgIpc) is 3.18. The third-order valence-corrected chi connectivity index (χ3v) is 4.83. The third kappa shape index (κ3) is 4.03. The molecule has 152 valence electrons.